The summed E-state index contributed by atoms with van der Waals surface area (Å²) in [5, 5.41) is 10.9. The van der Waals surface area contributed by atoms with Crippen molar-refractivity contribution in [3.05, 3.63) is 70.5 Å². The molecule has 1 fully saturated rings. The zero-order chi connectivity index (χ0) is 17.2. The van der Waals surface area contributed by atoms with Crippen LogP contribution in [-0.4, -0.2) is 16.1 Å². The van der Waals surface area contributed by atoms with Gasteiger partial charge in [0.2, 0.25) is 17.7 Å². The molecule has 1 aliphatic carbocycles. The van der Waals surface area contributed by atoms with E-state index in [1.54, 1.807) is 0 Å². The first-order chi connectivity index (χ1) is 12.2. The van der Waals surface area contributed by atoms with Gasteiger partial charge in [0, 0.05) is 16.0 Å². The maximum absolute atomic E-state index is 12.3. The number of aromatic nitrogens is 2. The summed E-state index contributed by atoms with van der Waals surface area (Å²) in [4.78, 5) is 12.3. The minimum absolute atomic E-state index is 0.0256. The Morgan fingerprint density at radius 3 is 2.64 bits per heavy atom. The van der Waals surface area contributed by atoms with Gasteiger partial charge in [-0.1, -0.05) is 46.3 Å². The lowest BCUT2D eigenvalue weighted by atomic mass is 10.1. The summed E-state index contributed by atoms with van der Waals surface area (Å²) < 4.78 is 6.65. The van der Waals surface area contributed by atoms with Gasteiger partial charge in [0.1, 0.15) is 0 Å². The maximum Gasteiger partial charge on any atom is 0.247 e. The van der Waals surface area contributed by atoms with Crippen LogP contribution in [0.1, 0.15) is 23.8 Å². The van der Waals surface area contributed by atoms with Crippen molar-refractivity contribution in [2.45, 2.75) is 18.9 Å². The SMILES string of the molecule is O=C(NCc1nnc(-c2ccccc2)o1)[C@@H]1C[C@H]1c1ccc(Br)cc1. The van der Waals surface area contributed by atoms with Crippen molar-refractivity contribution in [2.75, 3.05) is 0 Å². The summed E-state index contributed by atoms with van der Waals surface area (Å²) in [6, 6.07) is 17.7. The van der Waals surface area contributed by atoms with Crippen molar-refractivity contribution in [1.82, 2.24) is 15.5 Å². The predicted octanol–water partition coefficient (Wildman–Crippen LogP) is 3.92. The number of rotatable bonds is 5. The summed E-state index contributed by atoms with van der Waals surface area (Å²) in [5.74, 6) is 1.23. The molecule has 4 rings (SSSR count). The average Bonchev–Trinajstić information content (AvgIpc) is 3.31. The lowest BCUT2D eigenvalue weighted by Gasteiger charge is -2.02. The molecule has 6 heteroatoms. The second-order valence-electron chi connectivity index (χ2n) is 6.09. The molecule has 0 saturated heterocycles. The Bertz CT molecular complexity index is 877. The van der Waals surface area contributed by atoms with E-state index in [1.165, 1.54) is 5.56 Å². The Kier molecular flexibility index (Phi) is 4.36. The van der Waals surface area contributed by atoms with Gasteiger partial charge in [-0.15, -0.1) is 10.2 Å². The molecule has 1 aliphatic rings. The van der Waals surface area contributed by atoms with Crippen LogP contribution in [0.25, 0.3) is 11.5 Å². The van der Waals surface area contributed by atoms with E-state index in [4.69, 9.17) is 4.42 Å². The lowest BCUT2D eigenvalue weighted by molar-refractivity contribution is -0.122. The second-order valence-corrected chi connectivity index (χ2v) is 7.00. The molecule has 1 amide bonds. The number of hydrogen-bond acceptors (Lipinski definition) is 4. The maximum atomic E-state index is 12.3. The largest absolute Gasteiger partial charge is 0.419 e. The summed E-state index contributed by atoms with van der Waals surface area (Å²) in [6.07, 6.45) is 0.882. The third kappa shape index (κ3) is 3.64. The first-order valence-corrected chi connectivity index (χ1v) is 8.91. The van der Waals surface area contributed by atoms with Gasteiger partial charge in [0.25, 0.3) is 0 Å². The van der Waals surface area contributed by atoms with E-state index in [1.807, 2.05) is 42.5 Å². The molecule has 126 valence electrons. The van der Waals surface area contributed by atoms with E-state index in [2.05, 4.69) is 43.6 Å². The Hall–Kier alpha value is -2.47. The summed E-state index contributed by atoms with van der Waals surface area (Å²) in [5.41, 5.74) is 2.07. The zero-order valence-electron chi connectivity index (χ0n) is 13.4. The standard InChI is InChI=1S/C19H16BrN3O2/c20-14-8-6-12(7-9-14)15-10-16(15)18(24)21-11-17-22-23-19(25-17)13-4-2-1-3-5-13/h1-9,15-16H,10-11H2,(H,21,24)/t15-,16+/m0/s1. The molecule has 2 atom stereocenters. The van der Waals surface area contributed by atoms with Gasteiger partial charge in [-0.3, -0.25) is 4.79 Å². The van der Waals surface area contributed by atoms with Crippen LogP contribution < -0.4 is 5.32 Å². The number of halogens is 1. The first kappa shape index (κ1) is 16.0. The molecule has 25 heavy (non-hydrogen) atoms. The minimum Gasteiger partial charge on any atom is -0.419 e. The number of benzene rings is 2. The molecule has 0 unspecified atom stereocenters. The number of nitrogens with zero attached hydrogens (tertiary/aromatic N) is 2. The normalized spacial score (nSPS) is 18.8. The fraction of sp³-hybridized carbons (Fsp3) is 0.211. The van der Waals surface area contributed by atoms with E-state index in [9.17, 15) is 4.79 Å². The Morgan fingerprint density at radius 1 is 1.12 bits per heavy atom. The van der Waals surface area contributed by atoms with Gasteiger partial charge in [-0.2, -0.15) is 0 Å². The monoisotopic (exact) mass is 397 g/mol. The van der Waals surface area contributed by atoms with E-state index in [-0.39, 0.29) is 18.4 Å². The second kappa shape index (κ2) is 6.80. The molecule has 0 radical (unpaired) electrons. The number of amides is 1. The Labute approximate surface area is 153 Å². The fourth-order valence-corrected chi connectivity index (χ4v) is 3.14. The van der Waals surface area contributed by atoms with Crippen molar-refractivity contribution in [1.29, 1.82) is 0 Å². The molecule has 1 saturated carbocycles. The average molecular weight is 398 g/mol. The quantitative estimate of drug-likeness (QED) is 0.708. The molecule has 3 aromatic rings. The Balaban J connectivity index is 1.33. The van der Waals surface area contributed by atoms with Gasteiger partial charge in [0.05, 0.1) is 6.54 Å². The third-order valence-electron chi connectivity index (χ3n) is 4.33. The van der Waals surface area contributed by atoms with E-state index in [0.29, 0.717) is 17.7 Å². The molecule has 1 N–H and O–H groups in total. The van der Waals surface area contributed by atoms with Crippen LogP contribution in [-0.2, 0) is 11.3 Å². The van der Waals surface area contributed by atoms with Crippen molar-refractivity contribution >= 4 is 21.8 Å². The lowest BCUT2D eigenvalue weighted by Crippen LogP contribution is -2.25. The molecule has 1 heterocycles. The highest BCUT2D eigenvalue weighted by molar-refractivity contribution is 9.10. The minimum atomic E-state index is 0.0256. The number of carbonyl (C=O) groups excluding carboxylic acids is 1. The fourth-order valence-electron chi connectivity index (χ4n) is 2.88. The topological polar surface area (TPSA) is 68.0 Å². The van der Waals surface area contributed by atoms with Crippen LogP contribution in [0, 0.1) is 5.92 Å². The van der Waals surface area contributed by atoms with E-state index in [0.717, 1.165) is 16.5 Å². The van der Waals surface area contributed by atoms with Crippen molar-refractivity contribution in [3.63, 3.8) is 0 Å². The van der Waals surface area contributed by atoms with Gasteiger partial charge in [-0.25, -0.2) is 0 Å². The molecular formula is C19H16BrN3O2. The Morgan fingerprint density at radius 2 is 1.88 bits per heavy atom. The van der Waals surface area contributed by atoms with Gasteiger partial charge < -0.3 is 9.73 Å². The smallest absolute Gasteiger partial charge is 0.247 e. The van der Waals surface area contributed by atoms with Gasteiger partial charge in [0.15, 0.2) is 0 Å². The molecular weight excluding hydrogens is 382 g/mol. The van der Waals surface area contributed by atoms with Gasteiger partial charge in [-0.05, 0) is 42.2 Å². The zero-order valence-corrected chi connectivity index (χ0v) is 14.9. The molecule has 0 spiro atoms. The van der Waals surface area contributed by atoms with Crippen LogP contribution in [0.15, 0.2) is 63.5 Å². The number of carbonyl (C=O) groups is 1. The number of nitrogens with one attached hydrogen (secondary N) is 1. The summed E-state index contributed by atoms with van der Waals surface area (Å²) in [7, 11) is 0. The van der Waals surface area contributed by atoms with Crippen molar-refractivity contribution < 1.29 is 9.21 Å². The van der Waals surface area contributed by atoms with Crippen molar-refractivity contribution in [2.24, 2.45) is 5.92 Å². The predicted molar refractivity (Wildman–Crippen MR) is 96.6 cm³/mol. The molecule has 0 bridgehead atoms. The molecule has 1 aromatic heterocycles. The highest BCUT2D eigenvalue weighted by Gasteiger charge is 2.43. The molecule has 0 aliphatic heterocycles. The highest BCUT2D eigenvalue weighted by atomic mass is 79.9. The highest BCUT2D eigenvalue weighted by Crippen LogP contribution is 2.47. The first-order valence-electron chi connectivity index (χ1n) is 8.11. The van der Waals surface area contributed by atoms with Crippen LogP contribution in [0.5, 0.6) is 0 Å². The summed E-state index contributed by atoms with van der Waals surface area (Å²) in [6.45, 7) is 0.252. The summed E-state index contributed by atoms with van der Waals surface area (Å²) >= 11 is 3.43. The van der Waals surface area contributed by atoms with Crippen LogP contribution >= 0.6 is 15.9 Å². The van der Waals surface area contributed by atoms with Crippen molar-refractivity contribution in [3.8, 4) is 11.5 Å². The van der Waals surface area contributed by atoms with E-state index < -0.39 is 0 Å². The van der Waals surface area contributed by atoms with Crippen LogP contribution in [0.3, 0.4) is 0 Å². The number of hydrogen-bond donors (Lipinski definition) is 1. The molecule has 2 aromatic carbocycles. The van der Waals surface area contributed by atoms with Gasteiger partial charge >= 0.3 is 0 Å². The van der Waals surface area contributed by atoms with Crippen LogP contribution in [0.4, 0.5) is 0 Å². The van der Waals surface area contributed by atoms with E-state index >= 15 is 0 Å². The molecule has 5 nitrogen and oxygen atoms in total. The third-order valence-corrected chi connectivity index (χ3v) is 4.86. The van der Waals surface area contributed by atoms with Crippen LogP contribution in [0.2, 0.25) is 0 Å².